The molecule has 0 radical (unpaired) electrons. The van der Waals surface area contributed by atoms with E-state index < -0.39 is 0 Å². The summed E-state index contributed by atoms with van der Waals surface area (Å²) in [5.41, 5.74) is 1.82. The number of amides is 1. The molecule has 3 rings (SSSR count). The molecule has 0 aromatic heterocycles. The quantitative estimate of drug-likeness (QED) is 0.309. The molecule has 1 amide bonds. The standard InChI is InChI=1S/C24H39N5O3.HI/c1-18-15-28(16-19(2)32-18)22(30)21-8-6-20(7-9-21)14-26-23(25-5)27-17-24(3,4)29-10-12-31-13-11-29;/h6-9,18-19H,10-17H2,1-5H3,(H2,25,26,27);1H. The summed E-state index contributed by atoms with van der Waals surface area (Å²) in [5.74, 6) is 0.831. The molecule has 1 aromatic carbocycles. The van der Waals surface area contributed by atoms with Gasteiger partial charge in [0.25, 0.3) is 5.91 Å². The van der Waals surface area contributed by atoms with Crippen LogP contribution < -0.4 is 10.6 Å². The molecule has 8 nitrogen and oxygen atoms in total. The molecule has 33 heavy (non-hydrogen) atoms. The average Bonchev–Trinajstić information content (AvgIpc) is 2.79. The third kappa shape index (κ3) is 8.08. The summed E-state index contributed by atoms with van der Waals surface area (Å²) in [6.45, 7) is 14.7. The maximum Gasteiger partial charge on any atom is 0.254 e. The number of nitrogens with one attached hydrogen (secondary N) is 2. The van der Waals surface area contributed by atoms with Crippen LogP contribution in [0.1, 0.15) is 43.6 Å². The Kier molecular flexibility index (Phi) is 10.8. The molecular weight excluding hydrogens is 533 g/mol. The fourth-order valence-corrected chi connectivity index (χ4v) is 4.28. The number of hydrogen-bond donors (Lipinski definition) is 2. The normalized spacial score (nSPS) is 22.5. The number of ether oxygens (including phenoxy) is 2. The largest absolute Gasteiger partial charge is 0.379 e. The zero-order valence-electron chi connectivity index (χ0n) is 20.6. The highest BCUT2D eigenvalue weighted by atomic mass is 127. The predicted octanol–water partition coefficient (Wildman–Crippen LogP) is 2.33. The first kappa shape index (κ1) is 27.8. The van der Waals surface area contributed by atoms with Crippen molar-refractivity contribution >= 4 is 35.8 Å². The van der Waals surface area contributed by atoms with Gasteiger partial charge in [-0.2, -0.15) is 0 Å². The van der Waals surface area contributed by atoms with Gasteiger partial charge in [0.2, 0.25) is 0 Å². The number of carbonyl (C=O) groups excluding carboxylic acids is 1. The number of morpholine rings is 2. The minimum atomic E-state index is 0. The molecule has 2 aliphatic rings. The SMILES string of the molecule is CN=C(NCc1ccc(C(=O)N2CC(C)OC(C)C2)cc1)NCC(C)(C)N1CCOCC1.I. The Hall–Kier alpha value is -1.43. The monoisotopic (exact) mass is 573 g/mol. The highest BCUT2D eigenvalue weighted by molar-refractivity contribution is 14.0. The second-order valence-electron chi connectivity index (χ2n) is 9.36. The highest BCUT2D eigenvalue weighted by Gasteiger charge is 2.28. The molecule has 2 heterocycles. The number of hydrogen-bond acceptors (Lipinski definition) is 5. The van der Waals surface area contributed by atoms with Crippen molar-refractivity contribution in [2.75, 3.05) is 53.0 Å². The third-order valence-electron chi connectivity index (χ3n) is 6.15. The van der Waals surface area contributed by atoms with Crippen LogP contribution in [0.2, 0.25) is 0 Å². The molecule has 0 saturated carbocycles. The molecule has 2 unspecified atom stereocenters. The van der Waals surface area contributed by atoms with Crippen molar-refractivity contribution in [3.63, 3.8) is 0 Å². The zero-order valence-corrected chi connectivity index (χ0v) is 22.9. The van der Waals surface area contributed by atoms with Crippen molar-refractivity contribution in [2.24, 2.45) is 4.99 Å². The van der Waals surface area contributed by atoms with E-state index in [2.05, 4.69) is 34.4 Å². The summed E-state index contributed by atoms with van der Waals surface area (Å²) in [6.07, 6.45) is 0.136. The van der Waals surface area contributed by atoms with Crippen LogP contribution in [0.15, 0.2) is 29.3 Å². The number of rotatable bonds is 6. The summed E-state index contributed by atoms with van der Waals surface area (Å²) in [7, 11) is 1.78. The van der Waals surface area contributed by atoms with Crippen molar-refractivity contribution in [3.05, 3.63) is 35.4 Å². The van der Waals surface area contributed by atoms with E-state index >= 15 is 0 Å². The fourth-order valence-electron chi connectivity index (χ4n) is 4.28. The Morgan fingerprint density at radius 2 is 1.70 bits per heavy atom. The second-order valence-corrected chi connectivity index (χ2v) is 9.36. The van der Waals surface area contributed by atoms with Crippen LogP contribution in [0.25, 0.3) is 0 Å². The molecule has 0 bridgehead atoms. The van der Waals surface area contributed by atoms with Gasteiger partial charge in [-0.1, -0.05) is 12.1 Å². The lowest BCUT2D eigenvalue weighted by Crippen LogP contribution is -2.56. The van der Waals surface area contributed by atoms with Crippen LogP contribution >= 0.6 is 24.0 Å². The highest BCUT2D eigenvalue weighted by Crippen LogP contribution is 2.16. The molecule has 9 heteroatoms. The van der Waals surface area contributed by atoms with E-state index in [0.717, 1.165) is 44.4 Å². The van der Waals surface area contributed by atoms with Crippen LogP contribution in [0.3, 0.4) is 0 Å². The van der Waals surface area contributed by atoms with E-state index in [0.29, 0.717) is 25.2 Å². The van der Waals surface area contributed by atoms with E-state index in [1.165, 1.54) is 0 Å². The van der Waals surface area contributed by atoms with Crippen LogP contribution in [-0.2, 0) is 16.0 Å². The number of halogens is 1. The van der Waals surface area contributed by atoms with Gasteiger partial charge in [0.05, 0.1) is 25.4 Å². The lowest BCUT2D eigenvalue weighted by Gasteiger charge is -2.41. The summed E-state index contributed by atoms with van der Waals surface area (Å²) in [6, 6.07) is 7.81. The van der Waals surface area contributed by atoms with Gasteiger partial charge in [-0.3, -0.25) is 14.7 Å². The minimum absolute atomic E-state index is 0. The number of guanidine groups is 1. The lowest BCUT2D eigenvalue weighted by atomic mass is 10.0. The van der Waals surface area contributed by atoms with Gasteiger partial charge >= 0.3 is 0 Å². The number of carbonyl (C=O) groups is 1. The topological polar surface area (TPSA) is 78.4 Å². The Morgan fingerprint density at radius 3 is 2.27 bits per heavy atom. The molecule has 2 saturated heterocycles. The van der Waals surface area contributed by atoms with E-state index in [9.17, 15) is 4.79 Å². The van der Waals surface area contributed by atoms with Gasteiger partial charge in [-0.25, -0.2) is 0 Å². The van der Waals surface area contributed by atoms with Gasteiger partial charge in [-0.15, -0.1) is 24.0 Å². The average molecular weight is 574 g/mol. The Labute approximate surface area is 215 Å². The molecule has 0 spiro atoms. The Balaban J connectivity index is 0.00000385. The third-order valence-corrected chi connectivity index (χ3v) is 6.15. The first-order valence-electron chi connectivity index (χ1n) is 11.6. The van der Waals surface area contributed by atoms with Gasteiger partial charge in [-0.05, 0) is 45.4 Å². The smallest absolute Gasteiger partial charge is 0.254 e. The summed E-state index contributed by atoms with van der Waals surface area (Å²) in [5, 5.41) is 6.81. The van der Waals surface area contributed by atoms with Crippen LogP contribution in [0, 0.1) is 0 Å². The van der Waals surface area contributed by atoms with E-state index in [4.69, 9.17) is 9.47 Å². The van der Waals surface area contributed by atoms with Gasteiger partial charge in [0, 0.05) is 57.4 Å². The molecular formula is C24H40IN5O3. The lowest BCUT2D eigenvalue weighted by molar-refractivity contribution is -0.0586. The van der Waals surface area contributed by atoms with Crippen LogP contribution in [0.4, 0.5) is 0 Å². The molecule has 2 fully saturated rings. The Bertz CT molecular complexity index is 771. The van der Waals surface area contributed by atoms with Crippen LogP contribution in [0.5, 0.6) is 0 Å². The maximum absolute atomic E-state index is 12.8. The van der Waals surface area contributed by atoms with Crippen LogP contribution in [-0.4, -0.2) is 92.4 Å². The number of aliphatic imine (C=N–C) groups is 1. The van der Waals surface area contributed by atoms with Crippen molar-refractivity contribution in [2.45, 2.75) is 52.0 Å². The van der Waals surface area contributed by atoms with E-state index in [1.54, 1.807) is 7.05 Å². The van der Waals surface area contributed by atoms with Crippen molar-refractivity contribution in [1.82, 2.24) is 20.4 Å². The molecule has 2 atom stereocenters. The Morgan fingerprint density at radius 1 is 1.09 bits per heavy atom. The molecule has 186 valence electrons. The van der Waals surface area contributed by atoms with Gasteiger partial charge in [0.1, 0.15) is 0 Å². The van der Waals surface area contributed by atoms with Gasteiger partial charge < -0.3 is 25.0 Å². The summed E-state index contributed by atoms with van der Waals surface area (Å²) >= 11 is 0. The van der Waals surface area contributed by atoms with Crippen molar-refractivity contribution in [1.29, 1.82) is 0 Å². The minimum Gasteiger partial charge on any atom is -0.379 e. The van der Waals surface area contributed by atoms with E-state index in [1.807, 2.05) is 43.0 Å². The maximum atomic E-state index is 12.8. The summed E-state index contributed by atoms with van der Waals surface area (Å²) in [4.78, 5) is 21.5. The number of nitrogens with zero attached hydrogens (tertiary/aromatic N) is 3. The predicted molar refractivity (Wildman–Crippen MR) is 142 cm³/mol. The molecule has 2 N–H and O–H groups in total. The molecule has 1 aromatic rings. The first-order chi connectivity index (χ1) is 15.3. The molecule has 0 aliphatic carbocycles. The van der Waals surface area contributed by atoms with Gasteiger partial charge in [0.15, 0.2) is 5.96 Å². The van der Waals surface area contributed by atoms with Crippen molar-refractivity contribution < 1.29 is 14.3 Å². The van der Waals surface area contributed by atoms with E-state index in [-0.39, 0.29) is 47.6 Å². The number of benzene rings is 1. The summed E-state index contributed by atoms with van der Waals surface area (Å²) < 4.78 is 11.2. The first-order valence-corrected chi connectivity index (χ1v) is 11.6. The van der Waals surface area contributed by atoms with Crippen molar-refractivity contribution in [3.8, 4) is 0 Å². The zero-order chi connectivity index (χ0) is 23.1. The second kappa shape index (κ2) is 12.9. The fraction of sp³-hybridized carbons (Fsp3) is 0.667. The molecule has 2 aliphatic heterocycles.